The van der Waals surface area contributed by atoms with E-state index in [1.165, 1.54) is 0 Å². The molecule has 0 aliphatic rings. The molecule has 0 radical (unpaired) electrons. The first kappa shape index (κ1) is 14.7. The molecule has 1 heterocycles. The Morgan fingerprint density at radius 1 is 1.39 bits per heavy atom. The van der Waals surface area contributed by atoms with Gasteiger partial charge in [0.15, 0.2) is 0 Å². The lowest BCUT2D eigenvalue weighted by atomic mass is 10.1. The molecule has 1 unspecified atom stereocenters. The van der Waals surface area contributed by atoms with E-state index in [0.29, 0.717) is 30.9 Å². The number of methoxy groups -OCH3 is 1. The highest BCUT2D eigenvalue weighted by atomic mass is 16.5. The van der Waals surface area contributed by atoms with E-state index in [9.17, 15) is 4.79 Å². The lowest BCUT2D eigenvalue weighted by Gasteiger charge is -2.17. The minimum Gasteiger partial charge on any atom is -0.466 e. The molecule has 1 rings (SSSR count). The predicted octanol–water partition coefficient (Wildman–Crippen LogP) is 1.30. The SMILES string of the molecule is COCC(CCN)NC(=O)c1c(C)oc(C)c1C. The number of amides is 1. The van der Waals surface area contributed by atoms with E-state index in [4.69, 9.17) is 14.9 Å². The van der Waals surface area contributed by atoms with Gasteiger partial charge in [0.1, 0.15) is 11.5 Å². The standard InChI is InChI=1S/C13H22N2O3/c1-8-9(2)18-10(3)12(8)13(16)15-11(5-6-14)7-17-4/h11H,5-7,14H2,1-4H3,(H,15,16). The molecular weight excluding hydrogens is 232 g/mol. The Kier molecular flexibility index (Phi) is 5.37. The van der Waals surface area contributed by atoms with E-state index < -0.39 is 0 Å². The van der Waals surface area contributed by atoms with Gasteiger partial charge in [0.2, 0.25) is 0 Å². The van der Waals surface area contributed by atoms with Gasteiger partial charge >= 0.3 is 0 Å². The molecule has 0 saturated carbocycles. The van der Waals surface area contributed by atoms with Gasteiger partial charge in [-0.1, -0.05) is 0 Å². The van der Waals surface area contributed by atoms with E-state index in [1.807, 2.05) is 13.8 Å². The van der Waals surface area contributed by atoms with Crippen molar-refractivity contribution >= 4 is 5.91 Å². The van der Waals surface area contributed by atoms with Crippen LogP contribution in [0.1, 0.15) is 33.9 Å². The van der Waals surface area contributed by atoms with Crippen LogP contribution in [0.3, 0.4) is 0 Å². The third-order valence-corrected chi connectivity index (χ3v) is 3.01. The fourth-order valence-electron chi connectivity index (χ4n) is 1.98. The maximum absolute atomic E-state index is 12.2. The highest BCUT2D eigenvalue weighted by Crippen LogP contribution is 2.20. The molecule has 0 aromatic carbocycles. The predicted molar refractivity (Wildman–Crippen MR) is 69.7 cm³/mol. The number of carbonyl (C=O) groups excluding carboxylic acids is 1. The number of carbonyl (C=O) groups is 1. The Hall–Kier alpha value is -1.33. The molecular formula is C13H22N2O3. The van der Waals surface area contributed by atoms with Crippen LogP contribution in [0.2, 0.25) is 0 Å². The molecule has 0 saturated heterocycles. The number of furan rings is 1. The Bertz CT molecular complexity index is 407. The summed E-state index contributed by atoms with van der Waals surface area (Å²) >= 11 is 0. The van der Waals surface area contributed by atoms with Gasteiger partial charge in [-0.2, -0.15) is 0 Å². The van der Waals surface area contributed by atoms with Crippen LogP contribution in [-0.2, 0) is 4.74 Å². The minimum absolute atomic E-state index is 0.0680. The third-order valence-electron chi connectivity index (χ3n) is 3.01. The van der Waals surface area contributed by atoms with E-state index >= 15 is 0 Å². The molecule has 0 fully saturated rings. The third kappa shape index (κ3) is 3.34. The average Bonchev–Trinajstić information content (AvgIpc) is 2.53. The van der Waals surface area contributed by atoms with Crippen LogP contribution in [0, 0.1) is 20.8 Å². The highest BCUT2D eigenvalue weighted by Gasteiger charge is 2.20. The van der Waals surface area contributed by atoms with E-state index in [0.717, 1.165) is 11.3 Å². The van der Waals surface area contributed by atoms with Gasteiger partial charge in [-0.25, -0.2) is 0 Å². The molecule has 0 aliphatic heterocycles. The maximum atomic E-state index is 12.2. The van der Waals surface area contributed by atoms with Crippen LogP contribution in [0.4, 0.5) is 0 Å². The number of nitrogens with two attached hydrogens (primary N) is 1. The molecule has 0 aliphatic carbocycles. The van der Waals surface area contributed by atoms with Crippen LogP contribution in [0.15, 0.2) is 4.42 Å². The number of rotatable bonds is 6. The van der Waals surface area contributed by atoms with Crippen LogP contribution < -0.4 is 11.1 Å². The quantitative estimate of drug-likeness (QED) is 0.802. The summed E-state index contributed by atoms with van der Waals surface area (Å²) in [6.07, 6.45) is 0.689. The molecule has 5 heteroatoms. The largest absolute Gasteiger partial charge is 0.466 e. The zero-order chi connectivity index (χ0) is 13.7. The summed E-state index contributed by atoms with van der Waals surface area (Å²) in [4.78, 5) is 12.2. The van der Waals surface area contributed by atoms with Crippen molar-refractivity contribution in [2.24, 2.45) is 5.73 Å². The molecule has 3 N–H and O–H groups in total. The highest BCUT2D eigenvalue weighted by molar-refractivity contribution is 5.97. The average molecular weight is 254 g/mol. The first-order valence-electron chi connectivity index (χ1n) is 6.07. The fourth-order valence-corrected chi connectivity index (χ4v) is 1.98. The summed E-state index contributed by atoms with van der Waals surface area (Å²) in [7, 11) is 1.61. The van der Waals surface area contributed by atoms with Crippen molar-refractivity contribution in [2.75, 3.05) is 20.3 Å². The summed E-state index contributed by atoms with van der Waals surface area (Å²) < 4.78 is 10.5. The van der Waals surface area contributed by atoms with Crippen LogP contribution >= 0.6 is 0 Å². The van der Waals surface area contributed by atoms with E-state index in [-0.39, 0.29) is 11.9 Å². The normalized spacial score (nSPS) is 12.5. The lowest BCUT2D eigenvalue weighted by molar-refractivity contribution is 0.0891. The second-order valence-corrected chi connectivity index (χ2v) is 4.42. The molecule has 0 spiro atoms. The molecule has 1 amide bonds. The van der Waals surface area contributed by atoms with Gasteiger partial charge in [-0.15, -0.1) is 0 Å². The number of ether oxygens (including phenoxy) is 1. The maximum Gasteiger partial charge on any atom is 0.255 e. The van der Waals surface area contributed by atoms with Crippen molar-refractivity contribution in [3.05, 3.63) is 22.6 Å². The van der Waals surface area contributed by atoms with E-state index in [1.54, 1.807) is 14.0 Å². The van der Waals surface area contributed by atoms with Crippen LogP contribution in [-0.4, -0.2) is 32.2 Å². The smallest absolute Gasteiger partial charge is 0.255 e. The van der Waals surface area contributed by atoms with Crippen molar-refractivity contribution in [3.63, 3.8) is 0 Å². The summed E-state index contributed by atoms with van der Waals surface area (Å²) in [5.74, 6) is 1.29. The van der Waals surface area contributed by atoms with Crippen molar-refractivity contribution in [2.45, 2.75) is 33.2 Å². The Balaban J connectivity index is 2.80. The van der Waals surface area contributed by atoms with Gasteiger partial charge in [-0.3, -0.25) is 4.79 Å². The number of hydrogen-bond donors (Lipinski definition) is 2. The van der Waals surface area contributed by atoms with Crippen molar-refractivity contribution in [1.82, 2.24) is 5.32 Å². The Morgan fingerprint density at radius 2 is 2.06 bits per heavy atom. The Morgan fingerprint density at radius 3 is 2.50 bits per heavy atom. The number of aryl methyl sites for hydroxylation is 2. The van der Waals surface area contributed by atoms with Gasteiger partial charge in [0.05, 0.1) is 18.2 Å². The van der Waals surface area contributed by atoms with Gasteiger partial charge in [0, 0.05) is 12.7 Å². The van der Waals surface area contributed by atoms with Crippen LogP contribution in [0.5, 0.6) is 0 Å². The lowest BCUT2D eigenvalue weighted by Crippen LogP contribution is -2.39. The number of hydrogen-bond acceptors (Lipinski definition) is 4. The molecule has 5 nitrogen and oxygen atoms in total. The zero-order valence-electron chi connectivity index (χ0n) is 11.5. The molecule has 1 aromatic rings. The fraction of sp³-hybridized carbons (Fsp3) is 0.615. The van der Waals surface area contributed by atoms with Crippen LogP contribution in [0.25, 0.3) is 0 Å². The summed E-state index contributed by atoms with van der Waals surface area (Å²) in [6, 6.07) is -0.0680. The first-order chi connectivity index (χ1) is 8.51. The van der Waals surface area contributed by atoms with Gasteiger partial charge in [0.25, 0.3) is 5.91 Å². The summed E-state index contributed by atoms with van der Waals surface area (Å²) in [6.45, 7) is 6.50. The second kappa shape index (κ2) is 6.56. The zero-order valence-corrected chi connectivity index (χ0v) is 11.5. The van der Waals surface area contributed by atoms with Crippen molar-refractivity contribution in [1.29, 1.82) is 0 Å². The molecule has 102 valence electrons. The van der Waals surface area contributed by atoms with Gasteiger partial charge in [-0.05, 0) is 33.7 Å². The molecule has 1 atom stereocenters. The van der Waals surface area contributed by atoms with Crippen molar-refractivity contribution in [3.8, 4) is 0 Å². The van der Waals surface area contributed by atoms with Gasteiger partial charge < -0.3 is 20.2 Å². The summed E-state index contributed by atoms with van der Waals surface area (Å²) in [5, 5.41) is 2.93. The van der Waals surface area contributed by atoms with Crippen molar-refractivity contribution < 1.29 is 13.9 Å². The molecule has 0 bridgehead atoms. The molecule has 18 heavy (non-hydrogen) atoms. The molecule has 1 aromatic heterocycles. The van der Waals surface area contributed by atoms with E-state index in [2.05, 4.69) is 5.32 Å². The first-order valence-corrected chi connectivity index (χ1v) is 6.07. The minimum atomic E-state index is -0.127. The Labute approximate surface area is 108 Å². The summed E-state index contributed by atoms with van der Waals surface area (Å²) in [5.41, 5.74) is 7.01. The topological polar surface area (TPSA) is 77.5 Å². The monoisotopic (exact) mass is 254 g/mol. The number of nitrogens with one attached hydrogen (secondary N) is 1. The second-order valence-electron chi connectivity index (χ2n) is 4.42.